The van der Waals surface area contributed by atoms with Crippen LogP contribution >= 0.6 is 23.4 Å². The number of hydrogen-bond donors (Lipinski definition) is 1. The molecular weight excluding hydrogens is 208 g/mol. The van der Waals surface area contributed by atoms with E-state index in [2.05, 4.69) is 4.98 Å². The van der Waals surface area contributed by atoms with Crippen LogP contribution in [0.15, 0.2) is 12.1 Å². The van der Waals surface area contributed by atoms with Crippen LogP contribution in [0.25, 0.3) is 0 Å². The molecule has 1 heterocycles. The molecule has 0 aliphatic rings. The first-order valence-corrected chi connectivity index (χ1v) is 5.34. The number of nitrogens with two attached hydrogens (primary N) is 1. The molecule has 0 aromatic carbocycles. The Morgan fingerprint density at radius 3 is 2.85 bits per heavy atom. The van der Waals surface area contributed by atoms with Crippen LogP contribution in [0.3, 0.4) is 0 Å². The molecule has 0 bridgehead atoms. The number of aromatic nitrogens is 1. The van der Waals surface area contributed by atoms with E-state index in [1.54, 1.807) is 31.0 Å². The second-order valence-electron chi connectivity index (χ2n) is 2.42. The Kier molecular flexibility index (Phi) is 3.84. The summed E-state index contributed by atoms with van der Waals surface area (Å²) in [7, 11) is 1.55. The SMILES string of the molecule is COc1cc(C(N)SC)cc(Cl)n1. The van der Waals surface area contributed by atoms with E-state index < -0.39 is 0 Å². The summed E-state index contributed by atoms with van der Waals surface area (Å²) < 4.78 is 4.97. The number of hydrogen-bond acceptors (Lipinski definition) is 4. The number of thioether (sulfide) groups is 1. The van der Waals surface area contributed by atoms with Crippen molar-refractivity contribution < 1.29 is 4.74 Å². The van der Waals surface area contributed by atoms with Crippen LogP contribution in [0.4, 0.5) is 0 Å². The fourth-order valence-corrected chi connectivity index (χ4v) is 1.51. The zero-order valence-corrected chi connectivity index (χ0v) is 9.02. The van der Waals surface area contributed by atoms with E-state index in [1.165, 1.54) is 0 Å². The van der Waals surface area contributed by atoms with Gasteiger partial charge in [0.15, 0.2) is 0 Å². The van der Waals surface area contributed by atoms with Crippen molar-refractivity contribution in [3.05, 3.63) is 22.8 Å². The topological polar surface area (TPSA) is 48.1 Å². The molecule has 13 heavy (non-hydrogen) atoms. The molecule has 0 fully saturated rings. The summed E-state index contributed by atoms with van der Waals surface area (Å²) in [6, 6.07) is 3.53. The highest BCUT2D eigenvalue weighted by atomic mass is 35.5. The summed E-state index contributed by atoms with van der Waals surface area (Å²) >= 11 is 7.32. The zero-order chi connectivity index (χ0) is 9.84. The Morgan fingerprint density at radius 2 is 2.31 bits per heavy atom. The number of methoxy groups -OCH3 is 1. The zero-order valence-electron chi connectivity index (χ0n) is 7.45. The van der Waals surface area contributed by atoms with Crippen molar-refractivity contribution in [2.45, 2.75) is 5.37 Å². The second-order valence-corrected chi connectivity index (χ2v) is 3.79. The van der Waals surface area contributed by atoms with Gasteiger partial charge in [0, 0.05) is 6.07 Å². The lowest BCUT2D eigenvalue weighted by atomic mass is 10.3. The van der Waals surface area contributed by atoms with Crippen LogP contribution in [-0.4, -0.2) is 18.3 Å². The average molecular weight is 219 g/mol. The molecule has 0 aliphatic carbocycles. The number of ether oxygens (including phenoxy) is 1. The summed E-state index contributed by atoms with van der Waals surface area (Å²) in [5, 5.41) is 0.313. The second kappa shape index (κ2) is 4.69. The number of pyridine rings is 1. The molecule has 0 spiro atoms. The molecule has 1 aromatic heterocycles. The van der Waals surface area contributed by atoms with E-state index in [9.17, 15) is 0 Å². The van der Waals surface area contributed by atoms with Gasteiger partial charge in [-0.15, -0.1) is 11.8 Å². The maximum atomic E-state index is 5.81. The number of rotatable bonds is 3. The van der Waals surface area contributed by atoms with E-state index >= 15 is 0 Å². The molecule has 0 saturated heterocycles. The average Bonchev–Trinajstić information content (AvgIpc) is 2.15. The summed E-state index contributed by atoms with van der Waals surface area (Å²) in [6.45, 7) is 0. The van der Waals surface area contributed by atoms with E-state index in [1.807, 2.05) is 6.26 Å². The van der Waals surface area contributed by atoms with Gasteiger partial charge < -0.3 is 10.5 Å². The van der Waals surface area contributed by atoms with Gasteiger partial charge in [-0.05, 0) is 17.9 Å². The van der Waals surface area contributed by atoms with Crippen molar-refractivity contribution in [3.63, 3.8) is 0 Å². The molecule has 1 rings (SSSR count). The van der Waals surface area contributed by atoms with E-state index in [0.717, 1.165) is 5.56 Å². The van der Waals surface area contributed by atoms with Gasteiger partial charge in [0.2, 0.25) is 5.88 Å². The monoisotopic (exact) mass is 218 g/mol. The largest absolute Gasteiger partial charge is 0.481 e. The first-order chi connectivity index (χ1) is 6.17. The highest BCUT2D eigenvalue weighted by Gasteiger charge is 2.07. The van der Waals surface area contributed by atoms with Crippen LogP contribution in [0.1, 0.15) is 10.9 Å². The van der Waals surface area contributed by atoms with Crippen molar-refractivity contribution in [1.82, 2.24) is 4.98 Å². The minimum atomic E-state index is -0.0885. The number of nitrogens with zero attached hydrogens (tertiary/aromatic N) is 1. The minimum absolute atomic E-state index is 0.0885. The Morgan fingerprint density at radius 1 is 1.62 bits per heavy atom. The van der Waals surface area contributed by atoms with Crippen LogP contribution in [0.5, 0.6) is 5.88 Å². The van der Waals surface area contributed by atoms with Gasteiger partial charge in [-0.25, -0.2) is 4.98 Å². The predicted octanol–water partition coefficient (Wildman–Crippen LogP) is 2.06. The molecule has 5 heteroatoms. The molecule has 72 valence electrons. The highest BCUT2D eigenvalue weighted by Crippen LogP contribution is 2.25. The molecule has 2 N–H and O–H groups in total. The molecule has 0 aliphatic heterocycles. The van der Waals surface area contributed by atoms with Gasteiger partial charge in [-0.1, -0.05) is 11.6 Å². The van der Waals surface area contributed by atoms with E-state index in [4.69, 9.17) is 22.1 Å². The molecular formula is C8H11ClN2OS. The molecule has 1 unspecified atom stereocenters. The lowest BCUT2D eigenvalue weighted by Gasteiger charge is -2.09. The van der Waals surface area contributed by atoms with Crippen LogP contribution < -0.4 is 10.5 Å². The Hall–Kier alpha value is -0.450. The van der Waals surface area contributed by atoms with Gasteiger partial charge in [-0.3, -0.25) is 0 Å². The van der Waals surface area contributed by atoms with Gasteiger partial charge in [0.05, 0.1) is 12.5 Å². The standard InChI is InChI=1S/C8H11ClN2OS/c1-12-7-4-5(8(10)13-2)3-6(9)11-7/h3-4,8H,10H2,1-2H3. The van der Waals surface area contributed by atoms with Gasteiger partial charge >= 0.3 is 0 Å². The quantitative estimate of drug-likeness (QED) is 0.623. The molecule has 0 saturated carbocycles. The number of halogens is 1. The maximum Gasteiger partial charge on any atom is 0.214 e. The van der Waals surface area contributed by atoms with E-state index in [0.29, 0.717) is 11.0 Å². The normalized spacial score (nSPS) is 12.6. The van der Waals surface area contributed by atoms with Crippen molar-refractivity contribution in [2.75, 3.05) is 13.4 Å². The molecule has 0 radical (unpaired) electrons. The summed E-state index contributed by atoms with van der Waals surface area (Å²) in [5.41, 5.74) is 6.73. The smallest absolute Gasteiger partial charge is 0.214 e. The van der Waals surface area contributed by atoms with Crippen LogP contribution in [0.2, 0.25) is 5.15 Å². The van der Waals surface area contributed by atoms with Gasteiger partial charge in [-0.2, -0.15) is 0 Å². The van der Waals surface area contributed by atoms with Gasteiger partial charge in [0.25, 0.3) is 0 Å². The van der Waals surface area contributed by atoms with Crippen LogP contribution in [0, 0.1) is 0 Å². The maximum absolute atomic E-state index is 5.81. The van der Waals surface area contributed by atoms with E-state index in [-0.39, 0.29) is 5.37 Å². The fraction of sp³-hybridized carbons (Fsp3) is 0.375. The molecule has 0 amide bonds. The highest BCUT2D eigenvalue weighted by molar-refractivity contribution is 7.98. The predicted molar refractivity (Wildman–Crippen MR) is 56.2 cm³/mol. The summed E-state index contributed by atoms with van der Waals surface area (Å²) in [5.74, 6) is 0.493. The van der Waals surface area contributed by atoms with Gasteiger partial charge in [0.1, 0.15) is 5.15 Å². The summed E-state index contributed by atoms with van der Waals surface area (Å²) in [4.78, 5) is 3.95. The fourth-order valence-electron chi connectivity index (χ4n) is 0.897. The van der Waals surface area contributed by atoms with Crippen molar-refractivity contribution >= 4 is 23.4 Å². The Balaban J connectivity index is 3.01. The molecule has 3 nitrogen and oxygen atoms in total. The first kappa shape index (κ1) is 10.6. The molecule has 1 atom stereocenters. The van der Waals surface area contributed by atoms with Crippen molar-refractivity contribution in [1.29, 1.82) is 0 Å². The van der Waals surface area contributed by atoms with Crippen LogP contribution in [-0.2, 0) is 0 Å². The lowest BCUT2D eigenvalue weighted by molar-refractivity contribution is 0.397. The lowest BCUT2D eigenvalue weighted by Crippen LogP contribution is -2.05. The third kappa shape index (κ3) is 2.76. The summed E-state index contributed by atoms with van der Waals surface area (Å²) in [6.07, 6.45) is 1.94. The first-order valence-electron chi connectivity index (χ1n) is 3.67. The Labute approximate surface area is 86.6 Å². The Bertz CT molecular complexity index is 295. The third-order valence-corrected chi connectivity index (χ3v) is 2.56. The van der Waals surface area contributed by atoms with Crippen molar-refractivity contribution in [3.8, 4) is 5.88 Å². The van der Waals surface area contributed by atoms with Crippen molar-refractivity contribution in [2.24, 2.45) is 5.73 Å². The molecule has 1 aromatic rings. The third-order valence-electron chi connectivity index (χ3n) is 1.58. The minimum Gasteiger partial charge on any atom is -0.481 e.